The number of aromatic hydroxyl groups is 1. The van der Waals surface area contributed by atoms with E-state index in [2.05, 4.69) is 4.99 Å². The molecule has 0 aromatic heterocycles. The fourth-order valence-electron chi connectivity index (χ4n) is 4.40. The van der Waals surface area contributed by atoms with E-state index in [0.29, 0.717) is 23.3 Å². The van der Waals surface area contributed by atoms with E-state index in [1.807, 2.05) is 0 Å². The second-order valence-electron chi connectivity index (χ2n) is 9.14. The van der Waals surface area contributed by atoms with Gasteiger partial charge in [-0.15, -0.1) is 0 Å². The van der Waals surface area contributed by atoms with Crippen molar-refractivity contribution in [2.45, 2.75) is 24.7 Å². The number of halogens is 8. The van der Waals surface area contributed by atoms with E-state index < -0.39 is 71.8 Å². The van der Waals surface area contributed by atoms with Gasteiger partial charge in [0.2, 0.25) is 0 Å². The summed E-state index contributed by atoms with van der Waals surface area (Å²) in [5.74, 6) is -0.479. The summed E-state index contributed by atoms with van der Waals surface area (Å²) in [7, 11) is 9.87. The van der Waals surface area contributed by atoms with Crippen LogP contribution in [-0.2, 0) is 38.6 Å². The van der Waals surface area contributed by atoms with Crippen LogP contribution in [-0.4, -0.2) is 16.2 Å². The Kier molecular flexibility index (Phi) is 11.2. The zero-order valence-corrected chi connectivity index (χ0v) is 25.9. The number of aliphatic imine (C=N–C) groups is 1. The van der Waals surface area contributed by atoms with Crippen molar-refractivity contribution in [1.29, 1.82) is 0 Å². The van der Waals surface area contributed by atoms with E-state index in [4.69, 9.17) is 17.0 Å². The first-order valence-electron chi connectivity index (χ1n) is 12.1. The van der Waals surface area contributed by atoms with E-state index in [-0.39, 0.29) is 17.2 Å². The maximum absolute atomic E-state index is 13.3. The molecule has 0 radical (unpaired) electrons. The topological polar surface area (TPSA) is 75.7 Å². The Morgan fingerprint density at radius 2 is 1.23 bits per heavy atom. The molecule has 4 aromatic carbocycles. The van der Waals surface area contributed by atoms with Crippen LogP contribution in [0.5, 0.6) is 5.75 Å². The first-order valence-corrected chi connectivity index (χ1v) is 18.4. The van der Waals surface area contributed by atoms with E-state index in [0.717, 1.165) is 12.3 Å². The second kappa shape index (κ2) is 14.1. The molecule has 1 N–H and O–H groups in total. The maximum atomic E-state index is 13.3. The normalized spacial score (nSPS) is 12.0. The first-order chi connectivity index (χ1) is 20.1. The van der Waals surface area contributed by atoms with Crippen molar-refractivity contribution in [3.8, 4) is 5.75 Å². The number of benzene rings is 4. The molecule has 4 aromatic rings. The summed E-state index contributed by atoms with van der Waals surface area (Å²) in [4.78, 5) is 14.9. The van der Waals surface area contributed by atoms with Crippen LogP contribution in [0.4, 0.5) is 37.7 Å². The summed E-state index contributed by atoms with van der Waals surface area (Å²) in [5, 5.41) is 23.2. The summed E-state index contributed by atoms with van der Waals surface area (Å²) in [5.41, 5.74) is -4.33. The Hall–Kier alpha value is -3.21. The first kappa shape index (κ1) is 34.3. The molecule has 0 saturated heterocycles. The molecule has 0 spiro atoms. The van der Waals surface area contributed by atoms with Crippen molar-refractivity contribution in [2.75, 3.05) is 0 Å². The molecule has 14 heteroatoms. The number of phenolic OH excluding ortho intramolecular Hbond substituents is 1. The summed E-state index contributed by atoms with van der Waals surface area (Å²) in [6.07, 6.45) is -9.36. The molecule has 0 bridgehead atoms. The third-order valence-corrected chi connectivity index (χ3v) is 6.50. The standard InChI is InChI=1S/C29H20F6N2O3.2ClH.Zr/c1-27(19-8-4-2-5-9-19,20-10-6-3-7-11-20)25-16-24(37(39)40)12-18(26(25)38)17-36-23-14-21(28(30,31)32)13-22(15-23)29(33,34)35;;;/h2-17,38H,1H3;2*1H;/q;;;+2/p-2. The van der Waals surface area contributed by atoms with Crippen LogP contribution in [0.3, 0.4) is 0 Å². The molecule has 0 saturated carbocycles. The molecule has 0 heterocycles. The summed E-state index contributed by atoms with van der Waals surface area (Å²) >= 11 is -0.826. The number of nitro benzene ring substituents is 1. The van der Waals surface area contributed by atoms with Crippen LogP contribution in [0.25, 0.3) is 0 Å². The fourth-order valence-corrected chi connectivity index (χ4v) is 4.40. The number of non-ortho nitro benzene ring substituents is 1. The predicted molar refractivity (Wildman–Crippen MR) is 149 cm³/mol. The Balaban J connectivity index is 0.00000162. The zero-order chi connectivity index (χ0) is 32.0. The molecule has 43 heavy (non-hydrogen) atoms. The van der Waals surface area contributed by atoms with Crippen molar-refractivity contribution in [2.24, 2.45) is 4.99 Å². The van der Waals surface area contributed by atoms with Crippen LogP contribution in [0, 0.1) is 10.1 Å². The van der Waals surface area contributed by atoms with E-state index in [1.54, 1.807) is 67.6 Å². The van der Waals surface area contributed by atoms with Gasteiger partial charge in [0, 0.05) is 34.9 Å². The molecule has 0 aliphatic heterocycles. The Morgan fingerprint density at radius 3 is 1.63 bits per heavy atom. The van der Waals surface area contributed by atoms with Gasteiger partial charge in [-0.2, -0.15) is 26.3 Å². The van der Waals surface area contributed by atoms with Gasteiger partial charge in [-0.25, -0.2) is 0 Å². The average molecular weight is 721 g/mol. The van der Waals surface area contributed by atoms with Crippen molar-refractivity contribution in [3.05, 3.63) is 134 Å². The van der Waals surface area contributed by atoms with E-state index in [1.165, 1.54) is 6.07 Å². The number of alkyl halides is 6. The van der Waals surface area contributed by atoms with Gasteiger partial charge in [-0.1, -0.05) is 60.7 Å². The monoisotopic (exact) mass is 718 g/mol. The molecule has 4 rings (SSSR count). The minimum absolute atomic E-state index is 0.0346. The van der Waals surface area contributed by atoms with Crippen molar-refractivity contribution >= 4 is 34.6 Å². The predicted octanol–water partition coefficient (Wildman–Crippen LogP) is 9.82. The Bertz CT molecular complexity index is 1530. The quantitative estimate of drug-likeness (QED) is 0.0709. The van der Waals surface area contributed by atoms with Crippen molar-refractivity contribution in [1.82, 2.24) is 0 Å². The molecule has 0 aliphatic carbocycles. The minimum atomic E-state index is -5.08. The number of rotatable bonds is 6. The summed E-state index contributed by atoms with van der Waals surface area (Å²) in [6.45, 7) is 1.74. The Morgan fingerprint density at radius 1 is 0.791 bits per heavy atom. The number of phenols is 1. The molecule has 0 atom stereocenters. The third kappa shape index (κ3) is 8.25. The van der Waals surface area contributed by atoms with Gasteiger partial charge in [-0.05, 0) is 36.2 Å². The van der Waals surface area contributed by atoms with Crippen LogP contribution in [0.15, 0.2) is 96.0 Å². The number of nitro groups is 1. The number of hydrogen-bond donors (Lipinski definition) is 1. The van der Waals surface area contributed by atoms with Gasteiger partial charge in [0.05, 0.1) is 21.7 Å². The molecule has 0 aliphatic rings. The van der Waals surface area contributed by atoms with Crippen LogP contribution >= 0.6 is 17.0 Å². The van der Waals surface area contributed by atoms with E-state index in [9.17, 15) is 41.6 Å². The molecule has 0 amide bonds. The van der Waals surface area contributed by atoms with Gasteiger partial charge >= 0.3 is 50.2 Å². The Labute approximate surface area is 260 Å². The SMILES string of the molecule is CC(c1ccccc1)(c1ccccc1)c1cc([N+](=O)[O-])cc(C=Nc2cc(C(F)(F)F)cc(C(F)(F)F)c2)c1O.[Cl][Zr][Cl]. The fraction of sp³-hybridized carbons (Fsp3) is 0.138. The van der Waals surface area contributed by atoms with Crippen LogP contribution < -0.4 is 0 Å². The molecule has 5 nitrogen and oxygen atoms in total. The van der Waals surface area contributed by atoms with Gasteiger partial charge in [-0.3, -0.25) is 15.1 Å². The third-order valence-electron chi connectivity index (χ3n) is 6.50. The number of nitrogens with zero attached hydrogens (tertiary/aromatic N) is 2. The molecular weight excluding hydrogens is 700 g/mol. The van der Waals surface area contributed by atoms with Crippen molar-refractivity contribution in [3.63, 3.8) is 0 Å². The number of hydrogen-bond acceptors (Lipinski definition) is 4. The van der Waals surface area contributed by atoms with E-state index >= 15 is 0 Å². The second-order valence-corrected chi connectivity index (χ2v) is 12.9. The summed E-state index contributed by atoms with van der Waals surface area (Å²) in [6, 6.07) is 20.5. The van der Waals surface area contributed by atoms with Crippen molar-refractivity contribution < 1.29 is 57.2 Å². The molecular formula is C29H20Cl2F6N2O3Zr. The van der Waals surface area contributed by atoms with Crippen LogP contribution in [0.2, 0.25) is 0 Å². The molecule has 0 fully saturated rings. The summed E-state index contributed by atoms with van der Waals surface area (Å²) < 4.78 is 79.7. The van der Waals surface area contributed by atoms with Gasteiger partial charge in [0.1, 0.15) is 5.75 Å². The zero-order valence-electron chi connectivity index (χ0n) is 21.9. The van der Waals surface area contributed by atoms with Gasteiger partial charge < -0.3 is 5.11 Å². The molecule has 224 valence electrons. The van der Waals surface area contributed by atoms with Gasteiger partial charge in [0.15, 0.2) is 0 Å². The molecule has 0 unspecified atom stereocenters. The van der Waals surface area contributed by atoms with Crippen LogP contribution in [0.1, 0.15) is 40.3 Å². The average Bonchev–Trinajstić information content (AvgIpc) is 2.96. The van der Waals surface area contributed by atoms with Gasteiger partial charge in [0.25, 0.3) is 5.69 Å².